The Morgan fingerprint density at radius 3 is 2.75 bits per heavy atom. The lowest BCUT2D eigenvalue weighted by atomic mass is 10.2. The first-order valence-electron chi connectivity index (χ1n) is 5.61. The number of rotatable bonds is 3. The van der Waals surface area contributed by atoms with Crippen molar-refractivity contribution in [3.05, 3.63) is 71.5 Å². The molecule has 1 heterocycles. The van der Waals surface area contributed by atoms with E-state index in [1.165, 1.54) is 29.0 Å². The Labute approximate surface area is 117 Å². The van der Waals surface area contributed by atoms with Crippen LogP contribution in [0.15, 0.2) is 34.0 Å². The minimum absolute atomic E-state index is 0.0387. The van der Waals surface area contributed by atoms with Crippen molar-refractivity contribution in [1.29, 1.82) is 0 Å². The molecule has 2 aromatic rings. The number of nitro benzene ring substituents is 1. The van der Waals surface area contributed by atoms with Gasteiger partial charge in [-0.2, -0.15) is 0 Å². The third kappa shape index (κ3) is 2.77. The van der Waals surface area contributed by atoms with Crippen LogP contribution in [0.2, 0.25) is 5.02 Å². The van der Waals surface area contributed by atoms with Crippen LogP contribution < -0.4 is 11.2 Å². The van der Waals surface area contributed by atoms with Crippen LogP contribution in [0.3, 0.4) is 0 Å². The fourth-order valence-corrected chi connectivity index (χ4v) is 1.89. The first-order chi connectivity index (χ1) is 9.38. The normalized spacial score (nSPS) is 10.5. The number of aryl methyl sites for hydroxylation is 1. The van der Waals surface area contributed by atoms with Crippen molar-refractivity contribution in [2.45, 2.75) is 13.5 Å². The number of hydrogen-bond acceptors (Lipinski definition) is 4. The van der Waals surface area contributed by atoms with E-state index < -0.39 is 16.2 Å². The van der Waals surface area contributed by atoms with Gasteiger partial charge >= 0.3 is 5.69 Å². The minimum atomic E-state index is -0.594. The molecule has 1 N–H and O–H groups in total. The van der Waals surface area contributed by atoms with Crippen LogP contribution in [0.5, 0.6) is 0 Å². The number of hydrogen-bond donors (Lipinski definition) is 1. The lowest BCUT2D eigenvalue weighted by molar-refractivity contribution is -0.384. The monoisotopic (exact) mass is 295 g/mol. The lowest BCUT2D eigenvalue weighted by Crippen LogP contribution is -2.31. The maximum Gasteiger partial charge on any atom is 0.328 e. The van der Waals surface area contributed by atoms with Crippen molar-refractivity contribution in [3.8, 4) is 0 Å². The third-order valence-corrected chi connectivity index (χ3v) is 3.14. The average Bonchev–Trinajstić information content (AvgIpc) is 2.38. The fraction of sp³-hybridized carbons (Fsp3) is 0.167. The van der Waals surface area contributed by atoms with E-state index in [2.05, 4.69) is 4.98 Å². The Hall–Kier alpha value is -2.41. The highest BCUT2D eigenvalue weighted by atomic mass is 35.5. The average molecular weight is 296 g/mol. The summed E-state index contributed by atoms with van der Waals surface area (Å²) in [5.41, 5.74) is -0.376. The maximum atomic E-state index is 11.7. The lowest BCUT2D eigenvalue weighted by Gasteiger charge is -2.07. The van der Waals surface area contributed by atoms with Gasteiger partial charge in [0, 0.05) is 28.9 Å². The molecule has 2 rings (SSSR count). The van der Waals surface area contributed by atoms with Crippen molar-refractivity contribution in [2.24, 2.45) is 0 Å². The quantitative estimate of drug-likeness (QED) is 0.684. The summed E-state index contributed by atoms with van der Waals surface area (Å²) in [4.78, 5) is 35.3. The van der Waals surface area contributed by atoms with Crippen LogP contribution in [0.1, 0.15) is 11.1 Å². The van der Waals surface area contributed by atoms with Gasteiger partial charge in [0.1, 0.15) is 0 Å². The molecule has 0 fully saturated rings. The van der Waals surface area contributed by atoms with Gasteiger partial charge in [0.05, 0.1) is 11.5 Å². The van der Waals surface area contributed by atoms with Crippen molar-refractivity contribution < 1.29 is 4.92 Å². The predicted molar refractivity (Wildman–Crippen MR) is 73.3 cm³/mol. The first kappa shape index (κ1) is 14.0. The van der Waals surface area contributed by atoms with Gasteiger partial charge in [-0.15, -0.1) is 0 Å². The number of H-pyrrole nitrogens is 1. The van der Waals surface area contributed by atoms with E-state index in [1.54, 1.807) is 6.92 Å². The third-order valence-electron chi connectivity index (χ3n) is 2.77. The predicted octanol–water partition coefficient (Wildman–Crippen LogP) is 1.45. The standard InChI is InChI=1S/C12H10ClN3O4/c1-7-5-15(12(18)14-11(7)17)6-8-4-9(16(19)20)2-3-10(8)13/h2-5H,6H2,1H3,(H,14,17,18). The van der Waals surface area contributed by atoms with Gasteiger partial charge < -0.3 is 0 Å². The van der Waals surface area contributed by atoms with Crippen molar-refractivity contribution in [1.82, 2.24) is 9.55 Å². The zero-order valence-corrected chi connectivity index (χ0v) is 11.2. The van der Waals surface area contributed by atoms with E-state index >= 15 is 0 Å². The van der Waals surface area contributed by atoms with Crippen molar-refractivity contribution in [3.63, 3.8) is 0 Å². The summed E-state index contributed by atoms with van der Waals surface area (Å²) in [6, 6.07) is 3.99. The molecule has 1 aromatic carbocycles. The van der Waals surface area contributed by atoms with E-state index in [0.717, 1.165) is 0 Å². The summed E-state index contributed by atoms with van der Waals surface area (Å²) in [7, 11) is 0. The molecule has 0 amide bonds. The van der Waals surface area contributed by atoms with Crippen LogP contribution in [0.25, 0.3) is 0 Å². The molecule has 8 heteroatoms. The molecule has 0 atom stereocenters. The van der Waals surface area contributed by atoms with Crippen molar-refractivity contribution in [2.75, 3.05) is 0 Å². The van der Waals surface area contributed by atoms with E-state index in [0.29, 0.717) is 16.1 Å². The smallest absolute Gasteiger partial charge is 0.296 e. The largest absolute Gasteiger partial charge is 0.328 e. The minimum Gasteiger partial charge on any atom is -0.296 e. The molecule has 0 bridgehead atoms. The molecular formula is C12H10ClN3O4. The van der Waals surface area contributed by atoms with E-state index in [1.807, 2.05) is 0 Å². The number of halogens is 1. The fourth-order valence-electron chi connectivity index (χ4n) is 1.72. The van der Waals surface area contributed by atoms with E-state index in [-0.39, 0.29) is 12.2 Å². The van der Waals surface area contributed by atoms with Crippen LogP contribution >= 0.6 is 11.6 Å². The zero-order valence-electron chi connectivity index (χ0n) is 10.4. The van der Waals surface area contributed by atoms with Gasteiger partial charge in [0.15, 0.2) is 0 Å². The molecule has 0 aliphatic heterocycles. The first-order valence-corrected chi connectivity index (χ1v) is 5.99. The summed E-state index contributed by atoms with van der Waals surface area (Å²) in [6.07, 6.45) is 1.39. The van der Waals surface area contributed by atoms with Gasteiger partial charge in [-0.3, -0.25) is 24.5 Å². The summed E-state index contributed by atoms with van der Waals surface area (Å²) >= 11 is 5.96. The molecule has 104 valence electrons. The second-order valence-electron chi connectivity index (χ2n) is 4.23. The molecule has 0 spiro atoms. The SMILES string of the molecule is Cc1cn(Cc2cc([N+](=O)[O-])ccc2Cl)c(=O)[nH]c1=O. The second kappa shape index (κ2) is 5.30. The van der Waals surface area contributed by atoms with Gasteiger partial charge in [-0.1, -0.05) is 11.6 Å². The Bertz CT molecular complexity index is 794. The molecular weight excluding hydrogens is 286 g/mol. The number of nitrogens with one attached hydrogen (secondary N) is 1. The topological polar surface area (TPSA) is 98.0 Å². The molecule has 0 aliphatic rings. The highest BCUT2D eigenvalue weighted by molar-refractivity contribution is 6.31. The zero-order chi connectivity index (χ0) is 14.9. The summed E-state index contributed by atoms with van der Waals surface area (Å²) in [5.74, 6) is 0. The number of aromatic nitrogens is 2. The number of non-ortho nitro benzene ring substituents is 1. The second-order valence-corrected chi connectivity index (χ2v) is 4.64. The summed E-state index contributed by atoms with van der Waals surface area (Å²) in [6.45, 7) is 1.60. The van der Waals surface area contributed by atoms with Gasteiger partial charge in [-0.25, -0.2) is 4.79 Å². The summed E-state index contributed by atoms with van der Waals surface area (Å²) in [5, 5.41) is 11.0. The van der Waals surface area contributed by atoms with Crippen LogP contribution in [-0.2, 0) is 6.54 Å². The number of nitro groups is 1. The van der Waals surface area contributed by atoms with Gasteiger partial charge in [-0.05, 0) is 18.6 Å². The molecule has 7 nitrogen and oxygen atoms in total. The Kier molecular flexibility index (Phi) is 3.71. The number of benzene rings is 1. The molecule has 0 unspecified atom stereocenters. The Morgan fingerprint density at radius 2 is 2.10 bits per heavy atom. The van der Waals surface area contributed by atoms with Crippen LogP contribution in [-0.4, -0.2) is 14.5 Å². The molecule has 0 radical (unpaired) electrons. The molecule has 0 saturated heterocycles. The molecule has 20 heavy (non-hydrogen) atoms. The van der Waals surface area contributed by atoms with Crippen molar-refractivity contribution >= 4 is 17.3 Å². The Balaban J connectivity index is 2.47. The molecule has 0 saturated carbocycles. The van der Waals surface area contributed by atoms with E-state index in [4.69, 9.17) is 11.6 Å². The highest BCUT2D eigenvalue weighted by Crippen LogP contribution is 2.22. The van der Waals surface area contributed by atoms with Crippen LogP contribution in [0.4, 0.5) is 5.69 Å². The summed E-state index contributed by atoms with van der Waals surface area (Å²) < 4.78 is 1.24. The highest BCUT2D eigenvalue weighted by Gasteiger charge is 2.11. The number of nitrogens with zero attached hydrogens (tertiary/aromatic N) is 2. The van der Waals surface area contributed by atoms with E-state index in [9.17, 15) is 19.7 Å². The molecule has 1 aromatic heterocycles. The van der Waals surface area contributed by atoms with Crippen LogP contribution in [0, 0.1) is 17.0 Å². The number of aromatic amines is 1. The van der Waals surface area contributed by atoms with Gasteiger partial charge in [0.25, 0.3) is 11.2 Å². The Morgan fingerprint density at radius 1 is 1.40 bits per heavy atom. The molecule has 0 aliphatic carbocycles. The maximum absolute atomic E-state index is 11.7. The van der Waals surface area contributed by atoms with Gasteiger partial charge in [0.2, 0.25) is 0 Å².